The van der Waals surface area contributed by atoms with Crippen molar-refractivity contribution in [2.24, 2.45) is 5.92 Å². The number of nitrogens with one attached hydrogen (secondary N) is 1. The second-order valence-electron chi connectivity index (χ2n) is 8.67. The van der Waals surface area contributed by atoms with Gasteiger partial charge in [-0.15, -0.1) is 0 Å². The molecule has 1 N–H and O–H groups in total. The van der Waals surface area contributed by atoms with Crippen LogP contribution in [-0.2, 0) is 4.79 Å². The monoisotopic (exact) mass is 402 g/mol. The number of amides is 1. The molecule has 0 unspecified atom stereocenters. The molecule has 0 radical (unpaired) electrons. The Bertz CT molecular complexity index is 843. The minimum absolute atomic E-state index is 0.0398. The molecule has 0 aromatic heterocycles. The van der Waals surface area contributed by atoms with Crippen molar-refractivity contribution < 1.29 is 4.79 Å². The molecule has 5 heteroatoms. The number of nitrogens with zero attached hydrogens (tertiary/aromatic N) is 3. The molecule has 2 aliphatic rings. The van der Waals surface area contributed by atoms with Gasteiger partial charge in [0, 0.05) is 26.2 Å². The van der Waals surface area contributed by atoms with Crippen molar-refractivity contribution in [3.05, 3.63) is 71.8 Å². The van der Waals surface area contributed by atoms with Gasteiger partial charge in [0.25, 0.3) is 0 Å². The zero-order valence-electron chi connectivity index (χ0n) is 17.6. The highest BCUT2D eigenvalue weighted by Gasteiger charge is 2.43. The predicted octanol–water partition coefficient (Wildman–Crippen LogP) is 3.20. The van der Waals surface area contributed by atoms with Gasteiger partial charge in [-0.05, 0) is 36.8 Å². The van der Waals surface area contributed by atoms with Gasteiger partial charge in [0.2, 0.25) is 5.91 Å². The van der Waals surface area contributed by atoms with E-state index in [0.717, 1.165) is 39.0 Å². The maximum Gasteiger partial charge on any atom is 0.235 e. The van der Waals surface area contributed by atoms with Crippen LogP contribution in [0.1, 0.15) is 36.9 Å². The molecule has 2 aromatic rings. The molecule has 1 aliphatic heterocycles. The van der Waals surface area contributed by atoms with E-state index in [1.807, 2.05) is 6.92 Å². The fourth-order valence-corrected chi connectivity index (χ4v) is 4.48. The smallest absolute Gasteiger partial charge is 0.235 e. The Morgan fingerprint density at radius 2 is 1.57 bits per heavy atom. The molecular formula is C25H30N4O. The lowest BCUT2D eigenvalue weighted by molar-refractivity contribution is -0.124. The lowest BCUT2D eigenvalue weighted by Crippen LogP contribution is -2.54. The lowest BCUT2D eigenvalue weighted by Gasteiger charge is -2.39. The molecule has 4 rings (SSSR count). The van der Waals surface area contributed by atoms with Crippen LogP contribution in [0.3, 0.4) is 0 Å². The number of hydrogen-bond acceptors (Lipinski definition) is 4. The second-order valence-corrected chi connectivity index (χ2v) is 8.67. The summed E-state index contributed by atoms with van der Waals surface area (Å²) in [5.41, 5.74) is 1.87. The summed E-state index contributed by atoms with van der Waals surface area (Å²) in [4.78, 5) is 17.3. The SMILES string of the molecule is C[C@@](C#N)(NC(=O)CN1CCN(C(c2ccccc2)c2ccccc2)CC1)C1CC1. The maximum atomic E-state index is 12.6. The fourth-order valence-electron chi connectivity index (χ4n) is 4.48. The van der Waals surface area contributed by atoms with Crippen molar-refractivity contribution in [3.63, 3.8) is 0 Å². The summed E-state index contributed by atoms with van der Waals surface area (Å²) in [6.45, 7) is 5.70. The lowest BCUT2D eigenvalue weighted by atomic mass is 9.96. The molecule has 2 fully saturated rings. The minimum Gasteiger partial charge on any atom is -0.337 e. The number of rotatable bonds is 7. The highest BCUT2D eigenvalue weighted by atomic mass is 16.2. The first kappa shape index (κ1) is 20.6. The molecule has 1 heterocycles. The predicted molar refractivity (Wildman–Crippen MR) is 118 cm³/mol. The summed E-state index contributed by atoms with van der Waals surface area (Å²) in [5, 5.41) is 12.5. The van der Waals surface area contributed by atoms with Gasteiger partial charge in [0.05, 0.1) is 18.7 Å². The summed E-state index contributed by atoms with van der Waals surface area (Å²) in [6, 6.07) is 23.8. The summed E-state index contributed by atoms with van der Waals surface area (Å²) < 4.78 is 0. The van der Waals surface area contributed by atoms with E-state index in [4.69, 9.17) is 0 Å². The highest BCUT2D eigenvalue weighted by Crippen LogP contribution is 2.39. The maximum absolute atomic E-state index is 12.6. The Hall–Kier alpha value is -2.68. The number of carbonyl (C=O) groups is 1. The van der Waals surface area contributed by atoms with E-state index >= 15 is 0 Å². The molecule has 1 atom stereocenters. The average molecular weight is 403 g/mol. The summed E-state index contributed by atoms with van der Waals surface area (Å²) in [7, 11) is 0. The number of piperazine rings is 1. The molecule has 1 amide bonds. The van der Waals surface area contributed by atoms with Crippen LogP contribution in [0.15, 0.2) is 60.7 Å². The van der Waals surface area contributed by atoms with Gasteiger partial charge in [-0.2, -0.15) is 5.26 Å². The number of carbonyl (C=O) groups excluding carboxylic acids is 1. The van der Waals surface area contributed by atoms with E-state index in [9.17, 15) is 10.1 Å². The van der Waals surface area contributed by atoms with Crippen LogP contribution in [0.5, 0.6) is 0 Å². The Balaban J connectivity index is 1.38. The third-order valence-corrected chi connectivity index (χ3v) is 6.40. The summed E-state index contributed by atoms with van der Waals surface area (Å²) in [5.74, 6) is 0.267. The fraction of sp³-hybridized carbons (Fsp3) is 0.440. The summed E-state index contributed by atoms with van der Waals surface area (Å²) in [6.07, 6.45) is 2.06. The molecule has 2 aromatic carbocycles. The van der Waals surface area contributed by atoms with Crippen LogP contribution >= 0.6 is 0 Å². The van der Waals surface area contributed by atoms with Crippen molar-refractivity contribution in [1.82, 2.24) is 15.1 Å². The number of nitriles is 1. The third kappa shape index (κ3) is 4.72. The Morgan fingerprint density at radius 1 is 1.03 bits per heavy atom. The van der Waals surface area contributed by atoms with Gasteiger partial charge < -0.3 is 5.32 Å². The third-order valence-electron chi connectivity index (χ3n) is 6.40. The standard InChI is InChI=1S/C25H30N4O/c1-25(19-26,22-12-13-22)27-23(30)18-28-14-16-29(17-15-28)24(20-8-4-2-5-9-20)21-10-6-3-7-11-21/h2-11,22,24H,12-18H2,1H3,(H,27,30)/t25-/m0/s1. The first-order valence-electron chi connectivity index (χ1n) is 10.9. The number of benzene rings is 2. The van der Waals surface area contributed by atoms with Crippen LogP contribution in [0.25, 0.3) is 0 Å². The minimum atomic E-state index is -0.718. The first-order chi connectivity index (χ1) is 14.6. The Kier molecular flexibility index (Phi) is 6.17. The molecule has 1 aliphatic carbocycles. The van der Waals surface area contributed by atoms with Crippen LogP contribution in [0.2, 0.25) is 0 Å². The van der Waals surface area contributed by atoms with Gasteiger partial charge in [-0.3, -0.25) is 14.6 Å². The molecule has 156 valence electrons. The van der Waals surface area contributed by atoms with Gasteiger partial charge >= 0.3 is 0 Å². The van der Waals surface area contributed by atoms with Gasteiger partial charge in [-0.1, -0.05) is 60.7 Å². The van der Waals surface area contributed by atoms with Crippen LogP contribution in [0, 0.1) is 17.2 Å². The van der Waals surface area contributed by atoms with E-state index in [2.05, 4.69) is 81.8 Å². The van der Waals surface area contributed by atoms with Gasteiger partial charge in [-0.25, -0.2) is 0 Å². The molecule has 0 spiro atoms. The quantitative estimate of drug-likeness (QED) is 0.773. The van der Waals surface area contributed by atoms with Gasteiger partial charge in [0.1, 0.15) is 5.54 Å². The molecule has 0 bridgehead atoms. The zero-order valence-corrected chi connectivity index (χ0v) is 17.6. The van der Waals surface area contributed by atoms with E-state index < -0.39 is 5.54 Å². The van der Waals surface area contributed by atoms with Gasteiger partial charge in [0.15, 0.2) is 0 Å². The molecule has 30 heavy (non-hydrogen) atoms. The van der Waals surface area contributed by atoms with Crippen molar-refractivity contribution in [1.29, 1.82) is 5.26 Å². The van der Waals surface area contributed by atoms with Crippen LogP contribution < -0.4 is 5.32 Å². The van der Waals surface area contributed by atoms with E-state index in [0.29, 0.717) is 12.5 Å². The van der Waals surface area contributed by atoms with Crippen LogP contribution in [0.4, 0.5) is 0 Å². The molecule has 1 saturated heterocycles. The second kappa shape index (κ2) is 8.99. The highest BCUT2D eigenvalue weighted by molar-refractivity contribution is 5.79. The largest absolute Gasteiger partial charge is 0.337 e. The molecule has 1 saturated carbocycles. The first-order valence-corrected chi connectivity index (χ1v) is 10.9. The number of hydrogen-bond donors (Lipinski definition) is 1. The average Bonchev–Trinajstić information content (AvgIpc) is 3.63. The Morgan fingerprint density at radius 3 is 2.03 bits per heavy atom. The normalized spacial score (nSPS) is 19.8. The molecular weight excluding hydrogens is 372 g/mol. The van der Waals surface area contributed by atoms with Crippen molar-refractivity contribution in [2.75, 3.05) is 32.7 Å². The molecule has 5 nitrogen and oxygen atoms in total. The van der Waals surface area contributed by atoms with E-state index in [1.54, 1.807) is 0 Å². The van der Waals surface area contributed by atoms with Crippen molar-refractivity contribution in [2.45, 2.75) is 31.3 Å². The van der Waals surface area contributed by atoms with E-state index in [-0.39, 0.29) is 11.9 Å². The Labute approximate surface area is 179 Å². The van der Waals surface area contributed by atoms with Crippen molar-refractivity contribution >= 4 is 5.91 Å². The summed E-state index contributed by atoms with van der Waals surface area (Å²) >= 11 is 0. The topological polar surface area (TPSA) is 59.4 Å². The van der Waals surface area contributed by atoms with Crippen molar-refractivity contribution in [3.8, 4) is 6.07 Å². The van der Waals surface area contributed by atoms with E-state index in [1.165, 1.54) is 11.1 Å². The van der Waals surface area contributed by atoms with Crippen LogP contribution in [-0.4, -0.2) is 54.0 Å². The zero-order chi connectivity index (χ0) is 21.0.